The summed E-state index contributed by atoms with van der Waals surface area (Å²) in [6, 6.07) is 1.90. The Kier molecular flexibility index (Phi) is 1.65. The molecule has 0 aliphatic heterocycles. The fourth-order valence-corrected chi connectivity index (χ4v) is 2.08. The summed E-state index contributed by atoms with van der Waals surface area (Å²) in [5.74, 6) is 0.274. The van der Waals surface area contributed by atoms with Crippen LogP contribution in [0.5, 0.6) is 0 Å². The lowest BCUT2D eigenvalue weighted by Gasteiger charge is -2.09. The van der Waals surface area contributed by atoms with E-state index in [-0.39, 0.29) is 5.78 Å². The second-order valence-corrected chi connectivity index (χ2v) is 3.68. The molecule has 1 aromatic carbocycles. The van der Waals surface area contributed by atoms with Gasteiger partial charge in [-0.25, -0.2) is 0 Å². The van der Waals surface area contributed by atoms with Gasteiger partial charge in [0.1, 0.15) is 0 Å². The Morgan fingerprint density at radius 2 is 2.00 bits per heavy atom. The van der Waals surface area contributed by atoms with Gasteiger partial charge in [-0.05, 0) is 43.0 Å². The average molecular weight is 175 g/mol. The number of aryl methyl sites for hydroxylation is 1. The molecule has 2 nitrogen and oxygen atoms in total. The van der Waals surface area contributed by atoms with Crippen molar-refractivity contribution >= 4 is 11.5 Å². The van der Waals surface area contributed by atoms with Gasteiger partial charge in [-0.3, -0.25) is 4.79 Å². The standard InChI is InChI=1S/C11H13NO/c1-6-5-9(12)7(2)8-3-4-10(13)11(6)8/h5H,3-4,12H2,1-2H3. The molecule has 2 heteroatoms. The van der Waals surface area contributed by atoms with Crippen molar-refractivity contribution in [3.05, 3.63) is 28.3 Å². The minimum atomic E-state index is 0.274. The summed E-state index contributed by atoms with van der Waals surface area (Å²) in [5, 5.41) is 0. The Balaban J connectivity index is 2.76. The first-order chi connectivity index (χ1) is 6.11. The number of carbonyl (C=O) groups is 1. The van der Waals surface area contributed by atoms with Crippen LogP contribution >= 0.6 is 0 Å². The summed E-state index contributed by atoms with van der Waals surface area (Å²) in [6.45, 7) is 3.95. The highest BCUT2D eigenvalue weighted by Gasteiger charge is 2.23. The van der Waals surface area contributed by atoms with Crippen molar-refractivity contribution < 1.29 is 4.79 Å². The van der Waals surface area contributed by atoms with Crippen LogP contribution in [0.15, 0.2) is 6.07 Å². The Labute approximate surface area is 77.8 Å². The largest absolute Gasteiger partial charge is 0.398 e. The van der Waals surface area contributed by atoms with Crippen LogP contribution in [0.1, 0.15) is 33.5 Å². The highest BCUT2D eigenvalue weighted by Crippen LogP contribution is 2.31. The van der Waals surface area contributed by atoms with Crippen LogP contribution in [-0.4, -0.2) is 5.78 Å². The molecule has 2 rings (SSSR count). The molecule has 1 aliphatic carbocycles. The monoisotopic (exact) mass is 175 g/mol. The zero-order valence-corrected chi connectivity index (χ0v) is 7.98. The summed E-state index contributed by atoms with van der Waals surface area (Å²) in [7, 11) is 0. The van der Waals surface area contributed by atoms with E-state index in [9.17, 15) is 4.79 Å². The van der Waals surface area contributed by atoms with Gasteiger partial charge in [0.15, 0.2) is 5.78 Å². The molecule has 13 heavy (non-hydrogen) atoms. The van der Waals surface area contributed by atoms with Crippen LogP contribution in [0.2, 0.25) is 0 Å². The molecule has 0 radical (unpaired) electrons. The number of benzene rings is 1. The SMILES string of the molecule is Cc1cc(N)c(C)c2c1C(=O)CC2. The number of nitrogen functional groups attached to an aromatic ring is 1. The van der Waals surface area contributed by atoms with Crippen molar-refractivity contribution in [2.75, 3.05) is 5.73 Å². The first-order valence-electron chi connectivity index (χ1n) is 4.53. The normalized spacial score (nSPS) is 14.8. The quantitative estimate of drug-likeness (QED) is 0.613. The van der Waals surface area contributed by atoms with E-state index in [0.29, 0.717) is 6.42 Å². The minimum Gasteiger partial charge on any atom is -0.398 e. The second-order valence-electron chi connectivity index (χ2n) is 3.68. The third-order valence-corrected chi connectivity index (χ3v) is 2.83. The van der Waals surface area contributed by atoms with Crippen molar-refractivity contribution in [2.24, 2.45) is 0 Å². The van der Waals surface area contributed by atoms with Gasteiger partial charge in [0.25, 0.3) is 0 Å². The van der Waals surface area contributed by atoms with Gasteiger partial charge >= 0.3 is 0 Å². The van der Waals surface area contributed by atoms with E-state index in [4.69, 9.17) is 5.73 Å². The number of ketones is 1. The van der Waals surface area contributed by atoms with Crippen LogP contribution < -0.4 is 5.73 Å². The number of hydrogen-bond acceptors (Lipinski definition) is 2. The Morgan fingerprint density at radius 1 is 1.31 bits per heavy atom. The van der Waals surface area contributed by atoms with Crippen molar-refractivity contribution in [3.8, 4) is 0 Å². The van der Waals surface area contributed by atoms with E-state index in [1.165, 1.54) is 5.56 Å². The van der Waals surface area contributed by atoms with Crippen LogP contribution in [0.25, 0.3) is 0 Å². The summed E-state index contributed by atoms with van der Waals surface area (Å²) in [5.41, 5.74) is 10.8. The fourth-order valence-electron chi connectivity index (χ4n) is 2.08. The number of anilines is 1. The third kappa shape index (κ3) is 1.05. The van der Waals surface area contributed by atoms with E-state index >= 15 is 0 Å². The lowest BCUT2D eigenvalue weighted by Crippen LogP contribution is -2.00. The molecule has 0 unspecified atom stereocenters. The molecule has 0 spiro atoms. The van der Waals surface area contributed by atoms with Gasteiger partial charge in [-0.15, -0.1) is 0 Å². The molecule has 0 fully saturated rings. The van der Waals surface area contributed by atoms with Crippen molar-refractivity contribution in [1.29, 1.82) is 0 Å². The van der Waals surface area contributed by atoms with Gasteiger partial charge in [0, 0.05) is 17.7 Å². The maximum absolute atomic E-state index is 11.5. The van der Waals surface area contributed by atoms with Crippen molar-refractivity contribution in [2.45, 2.75) is 26.7 Å². The van der Waals surface area contributed by atoms with E-state index in [1.807, 2.05) is 19.9 Å². The molecule has 0 amide bonds. The molecule has 0 atom stereocenters. The van der Waals surface area contributed by atoms with Gasteiger partial charge < -0.3 is 5.73 Å². The van der Waals surface area contributed by atoms with Crippen LogP contribution in [0.4, 0.5) is 5.69 Å². The average Bonchev–Trinajstić information content (AvgIpc) is 2.44. The number of Topliss-reactive ketones (excluding diaryl/α,β-unsaturated/α-hetero) is 1. The maximum atomic E-state index is 11.5. The number of fused-ring (bicyclic) bond motifs is 1. The lowest BCUT2D eigenvalue weighted by atomic mass is 9.98. The van der Waals surface area contributed by atoms with Gasteiger partial charge in [0.2, 0.25) is 0 Å². The molecule has 0 heterocycles. The molecule has 2 N–H and O–H groups in total. The van der Waals surface area contributed by atoms with E-state index < -0.39 is 0 Å². The molecule has 0 saturated heterocycles. The topological polar surface area (TPSA) is 43.1 Å². The van der Waals surface area contributed by atoms with Crippen LogP contribution in [0, 0.1) is 13.8 Å². The zero-order valence-electron chi connectivity index (χ0n) is 7.98. The lowest BCUT2D eigenvalue weighted by molar-refractivity contribution is 0.0994. The molecular weight excluding hydrogens is 162 g/mol. The predicted molar refractivity (Wildman–Crippen MR) is 53.0 cm³/mol. The van der Waals surface area contributed by atoms with E-state index in [1.54, 1.807) is 0 Å². The summed E-state index contributed by atoms with van der Waals surface area (Å²) < 4.78 is 0. The smallest absolute Gasteiger partial charge is 0.163 e. The second kappa shape index (κ2) is 2.59. The van der Waals surface area contributed by atoms with Crippen LogP contribution in [-0.2, 0) is 6.42 Å². The molecule has 0 bridgehead atoms. The summed E-state index contributed by atoms with van der Waals surface area (Å²) >= 11 is 0. The molecular formula is C11H13NO. The zero-order chi connectivity index (χ0) is 9.59. The fraction of sp³-hybridized carbons (Fsp3) is 0.364. The minimum absolute atomic E-state index is 0.274. The third-order valence-electron chi connectivity index (χ3n) is 2.83. The molecule has 0 saturated carbocycles. The van der Waals surface area contributed by atoms with Crippen molar-refractivity contribution in [3.63, 3.8) is 0 Å². The first kappa shape index (κ1) is 8.30. The highest BCUT2D eigenvalue weighted by molar-refractivity contribution is 6.02. The Morgan fingerprint density at radius 3 is 2.69 bits per heavy atom. The van der Waals surface area contributed by atoms with Gasteiger partial charge in [0.05, 0.1) is 0 Å². The number of rotatable bonds is 0. The molecule has 1 aliphatic rings. The van der Waals surface area contributed by atoms with Crippen LogP contribution in [0.3, 0.4) is 0 Å². The number of carbonyl (C=O) groups excluding carboxylic acids is 1. The molecule has 0 aromatic heterocycles. The van der Waals surface area contributed by atoms with Gasteiger partial charge in [-0.1, -0.05) is 0 Å². The Hall–Kier alpha value is -1.31. The number of hydrogen-bond donors (Lipinski definition) is 1. The summed E-state index contributed by atoms with van der Waals surface area (Å²) in [4.78, 5) is 11.5. The molecule has 1 aromatic rings. The number of nitrogens with two attached hydrogens (primary N) is 1. The van der Waals surface area contributed by atoms with E-state index in [0.717, 1.165) is 28.8 Å². The van der Waals surface area contributed by atoms with E-state index in [2.05, 4.69) is 0 Å². The Bertz CT molecular complexity index is 394. The highest BCUT2D eigenvalue weighted by atomic mass is 16.1. The van der Waals surface area contributed by atoms with Gasteiger partial charge in [-0.2, -0.15) is 0 Å². The molecule has 68 valence electrons. The maximum Gasteiger partial charge on any atom is 0.163 e. The predicted octanol–water partition coefficient (Wildman–Crippen LogP) is 2.01. The summed E-state index contributed by atoms with van der Waals surface area (Å²) in [6.07, 6.45) is 1.52. The van der Waals surface area contributed by atoms with Crippen molar-refractivity contribution in [1.82, 2.24) is 0 Å². The first-order valence-corrected chi connectivity index (χ1v) is 4.53.